The zero-order valence-electron chi connectivity index (χ0n) is 24.0. The molecular formula is C30H49IO7. The number of unbranched alkanes of at least 4 members (excludes halogenated alkanes) is 4. The molecule has 218 valence electrons. The summed E-state index contributed by atoms with van der Waals surface area (Å²) in [5.74, 6) is -0.0156. The lowest BCUT2D eigenvalue weighted by Crippen LogP contribution is -2.57. The molecule has 0 aromatic rings. The molecule has 38 heavy (non-hydrogen) atoms. The third-order valence-corrected chi connectivity index (χ3v) is 9.58. The van der Waals surface area contributed by atoms with Crippen molar-refractivity contribution in [1.29, 1.82) is 0 Å². The van der Waals surface area contributed by atoms with E-state index < -0.39 is 17.3 Å². The summed E-state index contributed by atoms with van der Waals surface area (Å²) < 4.78 is 25.9. The molecule has 2 saturated heterocycles. The third kappa shape index (κ3) is 7.52. The molecule has 3 fully saturated rings. The molecule has 0 amide bonds. The van der Waals surface area contributed by atoms with E-state index in [0.29, 0.717) is 31.8 Å². The largest absolute Gasteiger partial charge is 0.466 e. The fourth-order valence-corrected chi connectivity index (χ4v) is 7.59. The van der Waals surface area contributed by atoms with E-state index in [0.717, 1.165) is 42.1 Å². The number of carbonyl (C=O) groups excluding carboxylic acids is 2. The predicted octanol–water partition coefficient (Wildman–Crippen LogP) is 6.14. The maximum Gasteiger partial charge on any atom is 0.306 e. The van der Waals surface area contributed by atoms with Crippen LogP contribution in [-0.4, -0.2) is 59.8 Å². The Bertz CT molecular complexity index is 829. The minimum absolute atomic E-state index is 0.0611. The van der Waals surface area contributed by atoms with E-state index in [2.05, 4.69) is 43.0 Å². The minimum atomic E-state index is -0.946. The average molecular weight is 649 g/mol. The molecule has 0 unspecified atom stereocenters. The molecule has 2 heterocycles. The smallest absolute Gasteiger partial charge is 0.306 e. The van der Waals surface area contributed by atoms with Gasteiger partial charge < -0.3 is 24.1 Å². The summed E-state index contributed by atoms with van der Waals surface area (Å²) in [7, 11) is 0. The van der Waals surface area contributed by atoms with Gasteiger partial charge in [-0.1, -0.05) is 46.1 Å². The third-order valence-electron chi connectivity index (χ3n) is 9.14. The van der Waals surface area contributed by atoms with E-state index in [9.17, 15) is 14.7 Å². The molecular weight excluding hydrogens is 599 g/mol. The van der Waals surface area contributed by atoms with Crippen LogP contribution in [0.4, 0.5) is 0 Å². The van der Waals surface area contributed by atoms with E-state index in [1.54, 1.807) is 0 Å². The van der Waals surface area contributed by atoms with Crippen molar-refractivity contribution < 1.29 is 33.6 Å². The Labute approximate surface area is 242 Å². The average Bonchev–Trinajstić information content (AvgIpc) is 3.17. The topological polar surface area (TPSA) is 91.3 Å². The van der Waals surface area contributed by atoms with Gasteiger partial charge in [-0.05, 0) is 77.0 Å². The molecule has 0 radical (unpaired) electrons. The van der Waals surface area contributed by atoms with Crippen molar-refractivity contribution in [1.82, 2.24) is 0 Å². The van der Waals surface area contributed by atoms with Crippen LogP contribution in [0.3, 0.4) is 0 Å². The summed E-state index contributed by atoms with van der Waals surface area (Å²) >= 11 is 2.24. The van der Waals surface area contributed by atoms with Crippen molar-refractivity contribution in [2.45, 2.75) is 128 Å². The van der Waals surface area contributed by atoms with Crippen LogP contribution in [0.15, 0.2) is 10.2 Å². The quantitative estimate of drug-likeness (QED) is 0.146. The summed E-state index contributed by atoms with van der Waals surface area (Å²) in [6, 6.07) is 0. The first-order chi connectivity index (χ1) is 17.9. The number of ether oxygens (including phenoxy) is 4. The first-order valence-electron chi connectivity index (χ1n) is 14.6. The first-order valence-corrected chi connectivity index (χ1v) is 15.7. The Morgan fingerprint density at radius 3 is 2.58 bits per heavy atom. The minimum Gasteiger partial charge on any atom is -0.466 e. The van der Waals surface area contributed by atoms with Gasteiger partial charge in [-0.25, -0.2) is 0 Å². The van der Waals surface area contributed by atoms with Gasteiger partial charge in [-0.2, -0.15) is 0 Å². The molecule has 2 aliphatic heterocycles. The second-order valence-corrected chi connectivity index (χ2v) is 13.7. The lowest BCUT2D eigenvalue weighted by atomic mass is 9.58. The number of aliphatic hydroxyl groups is 1. The highest BCUT2D eigenvalue weighted by molar-refractivity contribution is 14.1. The zero-order valence-corrected chi connectivity index (χ0v) is 26.2. The molecule has 0 aromatic heterocycles. The van der Waals surface area contributed by atoms with Gasteiger partial charge in [0.05, 0.1) is 31.0 Å². The van der Waals surface area contributed by atoms with Gasteiger partial charge in [0.25, 0.3) is 0 Å². The van der Waals surface area contributed by atoms with E-state index in [-0.39, 0.29) is 48.5 Å². The van der Waals surface area contributed by atoms with Crippen molar-refractivity contribution in [3.63, 3.8) is 0 Å². The maximum atomic E-state index is 13.0. The SMILES string of the molecule is C=C(I)C[C@H]1O[C@@H]2[C@@H]3[C@H](CC[C@@](C)(O)[C@@H]31)[C@H](C)CO[C@]2(C)[C@H](CCOC(C)=O)OC(=O)CCCCCCC. The van der Waals surface area contributed by atoms with Gasteiger partial charge in [0.2, 0.25) is 0 Å². The van der Waals surface area contributed by atoms with Gasteiger partial charge >= 0.3 is 11.9 Å². The maximum absolute atomic E-state index is 13.0. The lowest BCUT2D eigenvalue weighted by molar-refractivity contribution is -0.206. The molecule has 1 N–H and O–H groups in total. The molecule has 1 aliphatic carbocycles. The molecule has 8 heteroatoms. The highest BCUT2D eigenvalue weighted by Crippen LogP contribution is 2.58. The summed E-state index contributed by atoms with van der Waals surface area (Å²) in [6.07, 6.45) is 6.99. The summed E-state index contributed by atoms with van der Waals surface area (Å²) in [5.41, 5.74) is -1.81. The van der Waals surface area contributed by atoms with Crippen LogP contribution in [0.1, 0.15) is 98.8 Å². The Morgan fingerprint density at radius 2 is 1.92 bits per heavy atom. The molecule has 9 atom stereocenters. The van der Waals surface area contributed by atoms with E-state index in [1.165, 1.54) is 13.3 Å². The summed E-state index contributed by atoms with van der Waals surface area (Å²) in [4.78, 5) is 24.6. The van der Waals surface area contributed by atoms with Crippen molar-refractivity contribution in [2.24, 2.45) is 23.7 Å². The van der Waals surface area contributed by atoms with Gasteiger partial charge in [0.1, 0.15) is 11.7 Å². The Hall–Kier alpha value is -0.710. The van der Waals surface area contributed by atoms with Crippen LogP contribution in [0, 0.1) is 23.7 Å². The fourth-order valence-electron chi connectivity index (χ4n) is 7.15. The van der Waals surface area contributed by atoms with Gasteiger partial charge in [-0.3, -0.25) is 9.59 Å². The highest BCUT2D eigenvalue weighted by atomic mass is 127. The van der Waals surface area contributed by atoms with Crippen LogP contribution in [0.25, 0.3) is 0 Å². The predicted molar refractivity (Wildman–Crippen MR) is 155 cm³/mol. The van der Waals surface area contributed by atoms with Crippen LogP contribution < -0.4 is 0 Å². The Morgan fingerprint density at radius 1 is 1.21 bits per heavy atom. The monoisotopic (exact) mass is 648 g/mol. The number of carbonyl (C=O) groups is 2. The molecule has 3 rings (SSSR count). The molecule has 7 nitrogen and oxygen atoms in total. The van der Waals surface area contributed by atoms with Crippen molar-refractivity contribution in [3.8, 4) is 0 Å². The van der Waals surface area contributed by atoms with Gasteiger partial charge in [-0.15, -0.1) is 0 Å². The van der Waals surface area contributed by atoms with Crippen molar-refractivity contribution in [3.05, 3.63) is 10.2 Å². The van der Waals surface area contributed by atoms with Crippen molar-refractivity contribution >= 4 is 34.5 Å². The molecule has 0 bridgehead atoms. The van der Waals surface area contributed by atoms with Crippen LogP contribution in [0.2, 0.25) is 0 Å². The van der Waals surface area contributed by atoms with Gasteiger partial charge in [0.15, 0.2) is 0 Å². The Kier molecular flexibility index (Phi) is 11.5. The first kappa shape index (κ1) is 31.8. The number of halogens is 1. The van der Waals surface area contributed by atoms with Gasteiger partial charge in [0, 0.05) is 32.1 Å². The van der Waals surface area contributed by atoms with Crippen LogP contribution in [0.5, 0.6) is 0 Å². The number of hydrogen-bond donors (Lipinski definition) is 1. The molecule has 0 aromatic carbocycles. The van der Waals surface area contributed by atoms with Crippen LogP contribution >= 0.6 is 22.6 Å². The summed E-state index contributed by atoms with van der Waals surface area (Å²) in [5, 5.41) is 11.6. The Balaban J connectivity index is 1.90. The zero-order chi connectivity index (χ0) is 28.1. The second kappa shape index (κ2) is 13.8. The molecule has 3 aliphatic rings. The number of esters is 2. The van der Waals surface area contributed by atoms with E-state index >= 15 is 0 Å². The second-order valence-electron chi connectivity index (χ2n) is 12.2. The van der Waals surface area contributed by atoms with E-state index in [4.69, 9.17) is 18.9 Å². The summed E-state index contributed by atoms with van der Waals surface area (Å²) in [6.45, 7) is 14.5. The normalized spacial score (nSPS) is 37.1. The van der Waals surface area contributed by atoms with Crippen molar-refractivity contribution in [2.75, 3.05) is 13.2 Å². The van der Waals surface area contributed by atoms with E-state index in [1.807, 2.05) is 13.8 Å². The molecule has 0 spiro atoms. The number of rotatable bonds is 13. The highest BCUT2D eigenvalue weighted by Gasteiger charge is 2.65. The lowest BCUT2D eigenvalue weighted by Gasteiger charge is -2.47. The standard InChI is InChI=1S/C30H49IO7/c1-7-8-9-10-11-12-25(33)38-24(14-16-35-21(4)32)30(6)28-26-22(19(2)18-36-30)13-15-29(5,34)27(26)23(37-28)17-20(3)31/h19,22-24,26-28,34H,3,7-18H2,1-2,4-6H3/t19-,22-,23-,24+,26-,27-,28-,29-,30-/m1/s1. The van der Waals surface area contributed by atoms with Crippen LogP contribution in [-0.2, 0) is 28.5 Å². The molecule has 1 saturated carbocycles. The number of hydrogen-bond acceptors (Lipinski definition) is 7. The fraction of sp³-hybridized carbons (Fsp3) is 0.867.